The lowest BCUT2D eigenvalue weighted by atomic mass is 9.93. The second-order valence-electron chi connectivity index (χ2n) is 9.15. The van der Waals surface area contributed by atoms with Crippen LogP contribution in [0.1, 0.15) is 55.0 Å². The molecule has 4 aromatic rings. The van der Waals surface area contributed by atoms with Gasteiger partial charge in [0.15, 0.2) is 5.13 Å². The standard InChI is InChI=1S/C29H25FN2O3S/c1-4-17-5-14-22-23(15-17)36-29(31-22)32-25(19-8-6-18(7-9-19)16(2)3)24(27(34)28(32)35)26(33)20-10-12-21(30)13-11-20/h5-16,25,33H,4H2,1-3H3/b26-24+/t25-/m1/s1. The number of halogens is 1. The second-order valence-corrected chi connectivity index (χ2v) is 10.2. The minimum Gasteiger partial charge on any atom is -0.507 e. The average Bonchev–Trinajstić information content (AvgIpc) is 3.41. The molecule has 2 heterocycles. The Balaban J connectivity index is 1.70. The molecule has 0 unspecified atom stereocenters. The van der Waals surface area contributed by atoms with Crippen LogP contribution in [-0.2, 0) is 16.0 Å². The van der Waals surface area contributed by atoms with Crippen LogP contribution < -0.4 is 4.90 Å². The zero-order valence-electron chi connectivity index (χ0n) is 20.2. The molecule has 182 valence electrons. The van der Waals surface area contributed by atoms with Crippen molar-refractivity contribution in [3.05, 3.63) is 100 Å². The molecule has 0 bridgehead atoms. The first kappa shape index (κ1) is 23.9. The third-order valence-electron chi connectivity index (χ3n) is 6.54. The van der Waals surface area contributed by atoms with Crippen LogP contribution >= 0.6 is 11.3 Å². The number of thiazole rings is 1. The number of ketones is 1. The number of fused-ring (bicyclic) bond motifs is 1. The van der Waals surface area contributed by atoms with Gasteiger partial charge >= 0.3 is 5.91 Å². The van der Waals surface area contributed by atoms with E-state index in [-0.39, 0.29) is 16.9 Å². The van der Waals surface area contributed by atoms with Crippen molar-refractivity contribution in [1.29, 1.82) is 0 Å². The molecular weight excluding hydrogens is 475 g/mol. The van der Waals surface area contributed by atoms with Gasteiger partial charge in [0.2, 0.25) is 0 Å². The Labute approximate surface area is 212 Å². The molecular formula is C29H25FN2O3S. The molecule has 0 aliphatic carbocycles. The molecule has 1 N–H and O–H groups in total. The van der Waals surface area contributed by atoms with Crippen LogP contribution in [-0.4, -0.2) is 21.8 Å². The lowest BCUT2D eigenvalue weighted by molar-refractivity contribution is -0.132. The Bertz CT molecular complexity index is 1500. The molecule has 1 amide bonds. The van der Waals surface area contributed by atoms with Gasteiger partial charge in [0.25, 0.3) is 5.78 Å². The SMILES string of the molecule is CCc1ccc2nc(N3C(=O)C(=O)/C(=C(/O)c4ccc(F)cc4)[C@H]3c3ccc(C(C)C)cc3)sc2c1. The fraction of sp³-hybridized carbons (Fsp3) is 0.207. The van der Waals surface area contributed by atoms with Crippen LogP contribution in [0.2, 0.25) is 0 Å². The van der Waals surface area contributed by atoms with Crippen LogP contribution in [0.4, 0.5) is 9.52 Å². The second kappa shape index (κ2) is 9.32. The van der Waals surface area contributed by atoms with Crippen molar-refractivity contribution >= 4 is 44.1 Å². The quantitative estimate of drug-likeness (QED) is 0.187. The Hall–Kier alpha value is -3.84. The minimum atomic E-state index is -0.873. The molecule has 0 saturated carbocycles. The Morgan fingerprint density at radius 2 is 1.75 bits per heavy atom. The van der Waals surface area contributed by atoms with Gasteiger partial charge in [-0.3, -0.25) is 14.5 Å². The highest BCUT2D eigenvalue weighted by Crippen LogP contribution is 2.44. The molecule has 5 rings (SSSR count). The number of amides is 1. The van der Waals surface area contributed by atoms with E-state index in [1.54, 1.807) is 0 Å². The summed E-state index contributed by atoms with van der Waals surface area (Å²) >= 11 is 1.34. The van der Waals surface area contributed by atoms with Crippen molar-refractivity contribution in [1.82, 2.24) is 4.98 Å². The molecule has 1 aromatic heterocycles. The van der Waals surface area contributed by atoms with Gasteiger partial charge in [-0.2, -0.15) is 0 Å². The van der Waals surface area contributed by atoms with Crippen LogP contribution in [0, 0.1) is 5.82 Å². The van der Waals surface area contributed by atoms with E-state index in [4.69, 9.17) is 0 Å². The van der Waals surface area contributed by atoms with Gasteiger partial charge in [0.1, 0.15) is 11.6 Å². The molecule has 1 aliphatic heterocycles. The number of aromatic nitrogens is 1. The number of hydrogen-bond donors (Lipinski definition) is 1. The monoisotopic (exact) mass is 500 g/mol. The van der Waals surface area contributed by atoms with E-state index in [9.17, 15) is 19.1 Å². The maximum Gasteiger partial charge on any atom is 0.301 e. The highest BCUT2D eigenvalue weighted by Gasteiger charge is 2.48. The molecule has 0 radical (unpaired) electrons. The molecule has 1 aliphatic rings. The smallest absolute Gasteiger partial charge is 0.301 e. The third-order valence-corrected chi connectivity index (χ3v) is 7.55. The summed E-state index contributed by atoms with van der Waals surface area (Å²) < 4.78 is 14.4. The van der Waals surface area contributed by atoms with Gasteiger partial charge in [-0.15, -0.1) is 0 Å². The highest BCUT2D eigenvalue weighted by molar-refractivity contribution is 7.22. The maximum atomic E-state index is 13.5. The van der Waals surface area contributed by atoms with Crippen LogP contribution in [0.15, 0.2) is 72.3 Å². The largest absolute Gasteiger partial charge is 0.507 e. The number of aliphatic hydroxyl groups excluding tert-OH is 1. The number of hydrogen-bond acceptors (Lipinski definition) is 5. The third kappa shape index (κ3) is 4.09. The first-order valence-corrected chi connectivity index (χ1v) is 12.7. The number of benzene rings is 3. The zero-order valence-corrected chi connectivity index (χ0v) is 21.0. The van der Waals surface area contributed by atoms with E-state index in [1.165, 1.54) is 40.5 Å². The normalized spacial score (nSPS) is 17.5. The summed E-state index contributed by atoms with van der Waals surface area (Å²) in [5, 5.41) is 11.6. The average molecular weight is 501 g/mol. The van der Waals surface area contributed by atoms with Crippen molar-refractivity contribution < 1.29 is 19.1 Å². The Kier molecular flexibility index (Phi) is 6.18. The van der Waals surface area contributed by atoms with Gasteiger partial charge in [0.05, 0.1) is 21.8 Å². The van der Waals surface area contributed by atoms with Gasteiger partial charge < -0.3 is 5.11 Å². The predicted octanol–water partition coefficient (Wildman–Crippen LogP) is 6.75. The van der Waals surface area contributed by atoms with Gasteiger partial charge in [0, 0.05) is 5.56 Å². The first-order valence-electron chi connectivity index (χ1n) is 11.8. The minimum absolute atomic E-state index is 0.0441. The van der Waals surface area contributed by atoms with E-state index in [0.29, 0.717) is 16.6 Å². The molecule has 1 fully saturated rings. The summed E-state index contributed by atoms with van der Waals surface area (Å²) in [6.07, 6.45) is 0.869. The number of aliphatic hydroxyl groups is 1. The molecule has 7 heteroatoms. The van der Waals surface area contributed by atoms with Crippen molar-refractivity contribution in [3.8, 4) is 0 Å². The van der Waals surface area contributed by atoms with Crippen LogP contribution in [0.25, 0.3) is 16.0 Å². The fourth-order valence-corrected chi connectivity index (χ4v) is 5.51. The maximum absolute atomic E-state index is 13.5. The van der Waals surface area contributed by atoms with Crippen molar-refractivity contribution in [2.75, 3.05) is 4.90 Å². The number of rotatable bonds is 5. The number of nitrogens with zero attached hydrogens (tertiary/aromatic N) is 2. The van der Waals surface area contributed by atoms with E-state index in [0.717, 1.165) is 27.8 Å². The van der Waals surface area contributed by atoms with Crippen LogP contribution in [0.5, 0.6) is 0 Å². The summed E-state index contributed by atoms with van der Waals surface area (Å²) in [6, 6.07) is 17.9. The van der Waals surface area contributed by atoms with E-state index in [1.807, 2.05) is 42.5 Å². The number of Topliss-reactive ketones (excluding diaryl/α,β-unsaturated/α-hetero) is 1. The number of carbonyl (C=O) groups excluding carboxylic acids is 2. The number of anilines is 1. The molecule has 5 nitrogen and oxygen atoms in total. The number of carbonyl (C=O) groups is 2. The first-order chi connectivity index (χ1) is 17.3. The van der Waals surface area contributed by atoms with Crippen molar-refractivity contribution in [2.45, 2.75) is 39.2 Å². The molecule has 1 atom stereocenters. The van der Waals surface area contributed by atoms with Gasteiger partial charge in [-0.1, -0.05) is 62.4 Å². The summed E-state index contributed by atoms with van der Waals surface area (Å²) in [6.45, 7) is 6.24. The molecule has 3 aromatic carbocycles. The number of aryl methyl sites for hydroxylation is 1. The molecule has 0 spiro atoms. The fourth-order valence-electron chi connectivity index (χ4n) is 4.45. The van der Waals surface area contributed by atoms with Gasteiger partial charge in [-0.05, 0) is 65.4 Å². The predicted molar refractivity (Wildman–Crippen MR) is 141 cm³/mol. The van der Waals surface area contributed by atoms with E-state index in [2.05, 4.69) is 25.8 Å². The van der Waals surface area contributed by atoms with E-state index >= 15 is 0 Å². The lowest BCUT2D eigenvalue weighted by Gasteiger charge is -2.23. The Morgan fingerprint density at radius 1 is 1.06 bits per heavy atom. The van der Waals surface area contributed by atoms with E-state index < -0.39 is 23.5 Å². The van der Waals surface area contributed by atoms with Crippen molar-refractivity contribution in [3.63, 3.8) is 0 Å². The summed E-state index contributed by atoms with van der Waals surface area (Å²) in [4.78, 5) is 32.8. The summed E-state index contributed by atoms with van der Waals surface area (Å²) in [7, 11) is 0. The zero-order chi connectivity index (χ0) is 25.6. The highest BCUT2D eigenvalue weighted by atomic mass is 32.1. The van der Waals surface area contributed by atoms with Crippen molar-refractivity contribution in [2.24, 2.45) is 0 Å². The lowest BCUT2D eigenvalue weighted by Crippen LogP contribution is -2.29. The van der Waals surface area contributed by atoms with Gasteiger partial charge in [-0.25, -0.2) is 9.37 Å². The topological polar surface area (TPSA) is 70.5 Å². The molecule has 1 saturated heterocycles. The Morgan fingerprint density at radius 3 is 2.39 bits per heavy atom. The molecule has 36 heavy (non-hydrogen) atoms. The van der Waals surface area contributed by atoms with Crippen LogP contribution in [0.3, 0.4) is 0 Å². The summed E-state index contributed by atoms with van der Waals surface area (Å²) in [5.41, 5.74) is 3.89. The summed E-state index contributed by atoms with van der Waals surface area (Å²) in [5.74, 6) is -2.06.